The second-order valence-electron chi connectivity index (χ2n) is 10.3. The number of anilines is 3. The number of thiazole rings is 1. The topological polar surface area (TPSA) is 104 Å². The predicted molar refractivity (Wildman–Crippen MR) is 159 cm³/mol. The fraction of sp³-hybridized carbons (Fsp3) is 0.258. The molecule has 3 amide bonds. The zero-order valence-corrected chi connectivity index (χ0v) is 23.0. The molecule has 2 aliphatic rings. The minimum absolute atomic E-state index is 0.100. The van der Waals surface area contributed by atoms with E-state index in [0.717, 1.165) is 50.2 Å². The molecule has 1 aromatic heterocycles. The molecule has 204 valence electrons. The number of rotatable bonds is 6. The van der Waals surface area contributed by atoms with E-state index in [1.165, 1.54) is 10.4 Å². The average Bonchev–Trinajstić information content (AvgIpc) is 3.61. The summed E-state index contributed by atoms with van der Waals surface area (Å²) in [6.07, 6.45) is 2.62. The molecular weight excluding hydrogens is 520 g/mol. The van der Waals surface area contributed by atoms with Crippen LogP contribution in [0, 0.1) is 0 Å². The molecule has 1 fully saturated rings. The Kier molecular flexibility index (Phi) is 7.48. The molecule has 1 saturated heterocycles. The van der Waals surface area contributed by atoms with Crippen molar-refractivity contribution in [2.75, 3.05) is 29.5 Å². The van der Waals surface area contributed by atoms with Crippen LogP contribution in [0.25, 0.3) is 0 Å². The Labute approximate surface area is 237 Å². The fourth-order valence-corrected chi connectivity index (χ4v) is 6.55. The number of carbonyl (C=O) groups is 2. The van der Waals surface area contributed by atoms with Gasteiger partial charge < -0.3 is 16.0 Å². The Bertz CT molecular complexity index is 1520. The first-order valence-corrected chi connectivity index (χ1v) is 14.4. The van der Waals surface area contributed by atoms with E-state index in [-0.39, 0.29) is 18.0 Å². The Morgan fingerprint density at radius 3 is 2.67 bits per heavy atom. The molecule has 0 bridgehead atoms. The normalized spacial score (nSPS) is 16.9. The Balaban J connectivity index is 1.11. The SMILES string of the molecule is Nc1cccc(NC(=O)N2CCC[C@H]2c2cccc(C(=O)Nc3nc4c(s3)CN(Cc3ccccc3)CC4)c2)c1. The first-order valence-electron chi connectivity index (χ1n) is 13.6. The quantitative estimate of drug-likeness (QED) is 0.258. The number of carbonyl (C=O) groups excluding carboxylic acids is 2. The number of benzene rings is 3. The largest absolute Gasteiger partial charge is 0.399 e. The van der Waals surface area contributed by atoms with Gasteiger partial charge in [0.1, 0.15) is 0 Å². The van der Waals surface area contributed by atoms with Gasteiger partial charge in [-0.15, -0.1) is 11.3 Å². The maximum absolute atomic E-state index is 13.2. The monoisotopic (exact) mass is 552 g/mol. The molecule has 9 heteroatoms. The van der Waals surface area contributed by atoms with Crippen molar-refractivity contribution in [3.63, 3.8) is 0 Å². The van der Waals surface area contributed by atoms with E-state index in [4.69, 9.17) is 10.7 Å². The van der Waals surface area contributed by atoms with Gasteiger partial charge in [0.05, 0.1) is 11.7 Å². The van der Waals surface area contributed by atoms with Gasteiger partial charge in [-0.25, -0.2) is 9.78 Å². The summed E-state index contributed by atoms with van der Waals surface area (Å²) < 4.78 is 0. The minimum atomic E-state index is -0.192. The lowest BCUT2D eigenvalue weighted by Crippen LogP contribution is -2.34. The molecule has 8 nitrogen and oxygen atoms in total. The lowest BCUT2D eigenvalue weighted by Gasteiger charge is -2.25. The highest BCUT2D eigenvalue weighted by Crippen LogP contribution is 2.34. The number of hydrogen-bond acceptors (Lipinski definition) is 6. The Morgan fingerprint density at radius 1 is 0.975 bits per heavy atom. The van der Waals surface area contributed by atoms with Gasteiger partial charge in [-0.3, -0.25) is 15.0 Å². The molecule has 0 saturated carbocycles. The van der Waals surface area contributed by atoms with E-state index in [1.54, 1.807) is 29.5 Å². The Hall–Kier alpha value is -4.21. The summed E-state index contributed by atoms with van der Waals surface area (Å²) in [6.45, 7) is 3.34. The van der Waals surface area contributed by atoms with E-state index in [2.05, 4.69) is 39.8 Å². The summed E-state index contributed by atoms with van der Waals surface area (Å²) in [7, 11) is 0. The van der Waals surface area contributed by atoms with Crippen molar-refractivity contribution in [1.82, 2.24) is 14.8 Å². The number of amides is 3. The Morgan fingerprint density at radius 2 is 1.82 bits per heavy atom. The van der Waals surface area contributed by atoms with Crippen LogP contribution in [-0.4, -0.2) is 39.8 Å². The molecule has 0 spiro atoms. The van der Waals surface area contributed by atoms with Crippen LogP contribution in [0.15, 0.2) is 78.9 Å². The van der Waals surface area contributed by atoms with Gasteiger partial charge in [0.25, 0.3) is 5.91 Å². The highest BCUT2D eigenvalue weighted by atomic mass is 32.1. The van der Waals surface area contributed by atoms with Crippen LogP contribution < -0.4 is 16.4 Å². The van der Waals surface area contributed by atoms with Crippen LogP contribution in [0.2, 0.25) is 0 Å². The lowest BCUT2D eigenvalue weighted by atomic mass is 10.0. The van der Waals surface area contributed by atoms with Gasteiger partial charge in [-0.05, 0) is 54.3 Å². The number of fused-ring (bicyclic) bond motifs is 1. The number of nitrogens with two attached hydrogens (primary N) is 1. The van der Waals surface area contributed by atoms with Crippen LogP contribution in [0.4, 0.5) is 21.3 Å². The van der Waals surface area contributed by atoms with Gasteiger partial charge in [-0.2, -0.15) is 0 Å². The summed E-state index contributed by atoms with van der Waals surface area (Å²) in [5, 5.41) is 6.60. The van der Waals surface area contributed by atoms with Crippen molar-refractivity contribution in [2.45, 2.75) is 38.4 Å². The summed E-state index contributed by atoms with van der Waals surface area (Å²) in [6, 6.07) is 24.9. The maximum Gasteiger partial charge on any atom is 0.322 e. The van der Waals surface area contributed by atoms with Gasteiger partial charge in [0, 0.05) is 54.4 Å². The fourth-order valence-electron chi connectivity index (χ4n) is 5.50. The first-order chi connectivity index (χ1) is 19.5. The third kappa shape index (κ3) is 5.85. The van der Waals surface area contributed by atoms with Crippen LogP contribution in [0.3, 0.4) is 0 Å². The molecule has 6 rings (SSSR count). The van der Waals surface area contributed by atoms with E-state index in [0.29, 0.717) is 28.6 Å². The van der Waals surface area contributed by atoms with Crippen molar-refractivity contribution in [3.05, 3.63) is 106 Å². The molecule has 1 atom stereocenters. The molecule has 0 aliphatic carbocycles. The highest BCUT2D eigenvalue weighted by molar-refractivity contribution is 7.15. The van der Waals surface area contributed by atoms with Crippen LogP contribution in [0.1, 0.15) is 50.9 Å². The first kappa shape index (κ1) is 26.0. The highest BCUT2D eigenvalue weighted by Gasteiger charge is 2.30. The van der Waals surface area contributed by atoms with Crippen LogP contribution in [0.5, 0.6) is 0 Å². The van der Waals surface area contributed by atoms with E-state index in [1.807, 2.05) is 41.3 Å². The van der Waals surface area contributed by atoms with E-state index < -0.39 is 0 Å². The zero-order chi connectivity index (χ0) is 27.5. The average molecular weight is 553 g/mol. The van der Waals surface area contributed by atoms with Crippen molar-refractivity contribution in [2.24, 2.45) is 0 Å². The molecule has 4 aromatic rings. The minimum Gasteiger partial charge on any atom is -0.399 e. The van der Waals surface area contributed by atoms with Crippen molar-refractivity contribution < 1.29 is 9.59 Å². The molecule has 3 aromatic carbocycles. The lowest BCUT2D eigenvalue weighted by molar-refractivity contribution is 0.102. The molecule has 3 heterocycles. The van der Waals surface area contributed by atoms with Gasteiger partial charge in [-0.1, -0.05) is 48.5 Å². The standard InChI is InChI=1S/C31H32N6O2S/c32-24-11-5-12-25(18-24)33-31(39)37-15-6-13-27(37)22-9-4-10-23(17-22)29(38)35-30-34-26-14-16-36(20-28(26)40-30)19-21-7-2-1-3-8-21/h1-5,7-12,17-18,27H,6,13-16,19-20,32H2,(H,33,39)(H,34,35,38)/t27-/m0/s1. The smallest absolute Gasteiger partial charge is 0.322 e. The van der Waals surface area contributed by atoms with E-state index in [9.17, 15) is 9.59 Å². The number of nitrogens with one attached hydrogen (secondary N) is 2. The van der Waals surface area contributed by atoms with Crippen molar-refractivity contribution in [1.29, 1.82) is 0 Å². The summed E-state index contributed by atoms with van der Waals surface area (Å²) in [5.74, 6) is -0.192. The second kappa shape index (κ2) is 11.5. The number of nitrogen functional groups attached to an aromatic ring is 1. The third-order valence-corrected chi connectivity index (χ3v) is 8.46. The van der Waals surface area contributed by atoms with Gasteiger partial charge in [0.2, 0.25) is 0 Å². The number of hydrogen-bond donors (Lipinski definition) is 3. The number of nitrogens with zero attached hydrogens (tertiary/aromatic N) is 3. The molecule has 2 aliphatic heterocycles. The zero-order valence-electron chi connectivity index (χ0n) is 22.2. The van der Waals surface area contributed by atoms with Crippen LogP contribution in [-0.2, 0) is 19.5 Å². The molecule has 0 radical (unpaired) electrons. The summed E-state index contributed by atoms with van der Waals surface area (Å²) in [5.41, 5.74) is 11.0. The van der Waals surface area contributed by atoms with E-state index >= 15 is 0 Å². The third-order valence-electron chi connectivity index (χ3n) is 7.46. The molecule has 0 unspecified atom stereocenters. The molecule has 4 N–H and O–H groups in total. The number of aromatic nitrogens is 1. The molecule has 40 heavy (non-hydrogen) atoms. The van der Waals surface area contributed by atoms with Crippen LogP contribution >= 0.6 is 11.3 Å². The predicted octanol–water partition coefficient (Wildman–Crippen LogP) is 5.90. The summed E-state index contributed by atoms with van der Waals surface area (Å²) >= 11 is 1.55. The number of likely N-dealkylation sites (tertiary alicyclic amines) is 1. The van der Waals surface area contributed by atoms with Crippen molar-refractivity contribution >= 4 is 39.8 Å². The maximum atomic E-state index is 13.2. The summed E-state index contributed by atoms with van der Waals surface area (Å²) in [4.78, 5) is 36.5. The second-order valence-corrected chi connectivity index (χ2v) is 11.4. The van der Waals surface area contributed by atoms with Gasteiger partial charge >= 0.3 is 6.03 Å². The molecular formula is C31H32N6O2S. The van der Waals surface area contributed by atoms with Crippen molar-refractivity contribution in [3.8, 4) is 0 Å². The van der Waals surface area contributed by atoms with Gasteiger partial charge in [0.15, 0.2) is 5.13 Å². The number of urea groups is 1.